The van der Waals surface area contributed by atoms with Crippen LogP contribution >= 0.6 is 11.3 Å². The number of aryl methyl sites for hydroxylation is 1. The number of thiophene rings is 1. The van der Waals surface area contributed by atoms with E-state index in [0.717, 1.165) is 29.2 Å². The van der Waals surface area contributed by atoms with Crippen LogP contribution in [-0.2, 0) is 6.42 Å². The van der Waals surface area contributed by atoms with Crippen molar-refractivity contribution in [2.45, 2.75) is 64.7 Å². The summed E-state index contributed by atoms with van der Waals surface area (Å²) in [5, 5.41) is 0. The number of hydrogen-bond donors (Lipinski definition) is 0. The maximum absolute atomic E-state index is 15.0. The van der Waals surface area contributed by atoms with Gasteiger partial charge in [0.25, 0.3) is 0 Å². The van der Waals surface area contributed by atoms with E-state index in [1.807, 2.05) is 30.3 Å². The molecule has 1 fully saturated rings. The Balaban J connectivity index is 1.56. The molecule has 1 aromatic heterocycles. The van der Waals surface area contributed by atoms with Crippen molar-refractivity contribution >= 4 is 11.3 Å². The highest BCUT2D eigenvalue weighted by molar-refractivity contribution is 7.15. The first-order chi connectivity index (χ1) is 14.6. The normalized spacial score (nSPS) is 18.8. The third-order valence-corrected chi connectivity index (χ3v) is 7.70. The quantitative estimate of drug-likeness (QED) is 0.355. The number of hydrogen-bond acceptors (Lipinski definition) is 1. The van der Waals surface area contributed by atoms with Crippen LogP contribution in [0.5, 0.6) is 0 Å². The highest BCUT2D eigenvalue weighted by Crippen LogP contribution is 2.44. The molecule has 2 atom stereocenters. The van der Waals surface area contributed by atoms with Gasteiger partial charge in [0.15, 0.2) is 11.6 Å². The molecule has 2 unspecified atom stereocenters. The van der Waals surface area contributed by atoms with Gasteiger partial charge in [0.2, 0.25) is 0 Å². The minimum absolute atomic E-state index is 0.328. The lowest BCUT2D eigenvalue weighted by molar-refractivity contribution is 0.490. The summed E-state index contributed by atoms with van der Waals surface area (Å²) in [4.78, 5) is 2.14. The molecule has 0 aliphatic heterocycles. The minimum Gasteiger partial charge on any atom is -0.203 e. The molecule has 0 nitrogen and oxygen atoms in total. The summed E-state index contributed by atoms with van der Waals surface area (Å²) in [6.07, 6.45) is 8.35. The van der Waals surface area contributed by atoms with Crippen molar-refractivity contribution in [1.29, 1.82) is 0 Å². The average Bonchev–Trinajstić information content (AvgIpc) is 3.41. The topological polar surface area (TPSA) is 0 Å². The van der Waals surface area contributed by atoms with Crippen molar-refractivity contribution in [3.8, 4) is 21.6 Å². The molecule has 2 aromatic carbocycles. The summed E-state index contributed by atoms with van der Waals surface area (Å²) in [6, 6.07) is 15.3. The highest BCUT2D eigenvalue weighted by atomic mass is 32.1. The van der Waals surface area contributed by atoms with Gasteiger partial charge >= 0.3 is 0 Å². The second kappa shape index (κ2) is 9.43. The van der Waals surface area contributed by atoms with E-state index < -0.39 is 11.6 Å². The molecule has 0 saturated heterocycles. The van der Waals surface area contributed by atoms with Crippen LogP contribution in [0.1, 0.15) is 68.7 Å². The molecule has 30 heavy (non-hydrogen) atoms. The number of halogens is 2. The van der Waals surface area contributed by atoms with Crippen molar-refractivity contribution in [3.05, 3.63) is 70.6 Å². The van der Waals surface area contributed by atoms with E-state index in [-0.39, 0.29) is 0 Å². The second-order valence-corrected chi connectivity index (χ2v) is 9.72. The Kier molecular flexibility index (Phi) is 6.67. The van der Waals surface area contributed by atoms with Gasteiger partial charge < -0.3 is 0 Å². The largest absolute Gasteiger partial charge is 0.203 e. The molecule has 158 valence electrons. The molecule has 1 aliphatic carbocycles. The summed E-state index contributed by atoms with van der Waals surface area (Å²) in [6.45, 7) is 4.38. The van der Waals surface area contributed by atoms with E-state index in [1.54, 1.807) is 23.5 Å². The van der Waals surface area contributed by atoms with Crippen LogP contribution in [0.15, 0.2) is 48.5 Å². The maximum atomic E-state index is 15.0. The van der Waals surface area contributed by atoms with Crippen molar-refractivity contribution in [2.24, 2.45) is 5.92 Å². The summed E-state index contributed by atoms with van der Waals surface area (Å²) in [5.74, 6) is -0.0970. The van der Waals surface area contributed by atoms with E-state index in [4.69, 9.17) is 0 Å². The van der Waals surface area contributed by atoms with Crippen LogP contribution in [-0.4, -0.2) is 0 Å². The fraction of sp³-hybridized carbons (Fsp3) is 0.407. The van der Waals surface area contributed by atoms with Crippen LogP contribution < -0.4 is 0 Å². The molecule has 0 N–H and O–H groups in total. The smallest absolute Gasteiger partial charge is 0.168 e. The third-order valence-electron chi connectivity index (χ3n) is 6.42. The molecular formula is C27H30F2S. The second-order valence-electron chi connectivity index (χ2n) is 8.60. The van der Waals surface area contributed by atoms with Gasteiger partial charge in [0, 0.05) is 20.9 Å². The van der Waals surface area contributed by atoms with Crippen molar-refractivity contribution < 1.29 is 8.78 Å². The van der Waals surface area contributed by atoms with E-state index in [0.29, 0.717) is 17.0 Å². The van der Waals surface area contributed by atoms with Crippen molar-refractivity contribution in [3.63, 3.8) is 0 Å². The van der Waals surface area contributed by atoms with Gasteiger partial charge in [-0.3, -0.25) is 0 Å². The standard InChI is InChI=1S/C27H30F2S/c1-3-5-18-7-10-20(11-8-18)22-13-14-23(27(29)26(22)28)25-16-15-24(30-25)21-12-9-19(17-21)6-4-2/h7-8,10-11,13-16,19,21H,3-6,9,12,17H2,1-2H3. The Morgan fingerprint density at radius 2 is 1.57 bits per heavy atom. The monoisotopic (exact) mass is 424 g/mol. The molecule has 1 aliphatic rings. The van der Waals surface area contributed by atoms with Gasteiger partial charge in [-0.25, -0.2) is 8.78 Å². The zero-order chi connectivity index (χ0) is 21.1. The number of rotatable bonds is 7. The van der Waals surface area contributed by atoms with Crippen LogP contribution in [0.2, 0.25) is 0 Å². The molecule has 0 amide bonds. The average molecular weight is 425 g/mol. The first-order valence-electron chi connectivity index (χ1n) is 11.3. The van der Waals surface area contributed by atoms with Gasteiger partial charge in [0.1, 0.15) is 0 Å². The minimum atomic E-state index is -0.755. The number of benzene rings is 2. The van der Waals surface area contributed by atoms with Crippen LogP contribution in [0.3, 0.4) is 0 Å². The first-order valence-corrected chi connectivity index (χ1v) is 12.1. The zero-order valence-corrected chi connectivity index (χ0v) is 18.7. The van der Waals surface area contributed by atoms with Gasteiger partial charge in [0.05, 0.1) is 0 Å². The molecule has 4 rings (SSSR count). The van der Waals surface area contributed by atoms with Gasteiger partial charge in [-0.2, -0.15) is 0 Å². The SMILES string of the molecule is CCCc1ccc(-c2ccc(-c3ccc(C4CCC(CCC)C4)s3)c(F)c2F)cc1. The molecule has 1 heterocycles. The zero-order valence-electron chi connectivity index (χ0n) is 17.9. The van der Waals surface area contributed by atoms with Gasteiger partial charge in [-0.1, -0.05) is 63.4 Å². The van der Waals surface area contributed by atoms with E-state index in [1.165, 1.54) is 42.5 Å². The van der Waals surface area contributed by atoms with Crippen LogP contribution in [0.25, 0.3) is 21.6 Å². The van der Waals surface area contributed by atoms with Crippen LogP contribution in [0.4, 0.5) is 8.78 Å². The predicted molar refractivity (Wildman–Crippen MR) is 124 cm³/mol. The van der Waals surface area contributed by atoms with Gasteiger partial charge in [-0.15, -0.1) is 11.3 Å². The Bertz CT molecular complexity index is 987. The summed E-state index contributed by atoms with van der Waals surface area (Å²) >= 11 is 1.63. The Labute approximate surface area is 183 Å². The summed E-state index contributed by atoms with van der Waals surface area (Å²) in [7, 11) is 0. The first kappa shape index (κ1) is 21.2. The predicted octanol–water partition coefficient (Wildman–Crippen LogP) is 9.00. The van der Waals surface area contributed by atoms with Gasteiger partial charge in [-0.05, 0) is 66.8 Å². The Morgan fingerprint density at radius 1 is 0.833 bits per heavy atom. The fourth-order valence-corrected chi connectivity index (χ4v) is 6.00. The Morgan fingerprint density at radius 3 is 2.30 bits per heavy atom. The molecule has 0 spiro atoms. The molecule has 0 radical (unpaired) electrons. The highest BCUT2D eigenvalue weighted by Gasteiger charge is 2.27. The lowest BCUT2D eigenvalue weighted by Crippen LogP contribution is -1.94. The van der Waals surface area contributed by atoms with E-state index in [9.17, 15) is 4.39 Å². The summed E-state index contributed by atoms with van der Waals surface area (Å²) < 4.78 is 30.0. The lowest BCUT2D eigenvalue weighted by atomic mass is 9.99. The third kappa shape index (κ3) is 4.37. The Hall–Kier alpha value is -2.00. The molecule has 1 saturated carbocycles. The van der Waals surface area contributed by atoms with Crippen molar-refractivity contribution in [2.75, 3.05) is 0 Å². The lowest BCUT2D eigenvalue weighted by Gasteiger charge is -2.10. The molecule has 3 heteroatoms. The maximum Gasteiger partial charge on any atom is 0.168 e. The van der Waals surface area contributed by atoms with E-state index >= 15 is 4.39 Å². The molecule has 0 bridgehead atoms. The van der Waals surface area contributed by atoms with E-state index in [2.05, 4.69) is 19.9 Å². The van der Waals surface area contributed by atoms with Crippen molar-refractivity contribution in [1.82, 2.24) is 0 Å². The molecular weight excluding hydrogens is 394 g/mol. The fourth-order valence-electron chi connectivity index (χ4n) is 4.82. The molecule has 3 aromatic rings. The summed E-state index contributed by atoms with van der Waals surface area (Å²) in [5.41, 5.74) is 2.64. The van der Waals surface area contributed by atoms with Crippen LogP contribution in [0, 0.1) is 17.6 Å².